The van der Waals surface area contributed by atoms with Crippen molar-refractivity contribution in [3.63, 3.8) is 0 Å². The summed E-state index contributed by atoms with van der Waals surface area (Å²) in [6, 6.07) is 7.69. The summed E-state index contributed by atoms with van der Waals surface area (Å²) in [5.41, 5.74) is 1.81. The molecule has 0 aromatic heterocycles. The van der Waals surface area contributed by atoms with Crippen molar-refractivity contribution in [3.8, 4) is 0 Å². The predicted molar refractivity (Wildman–Crippen MR) is 69.6 cm³/mol. The summed E-state index contributed by atoms with van der Waals surface area (Å²) in [4.78, 5) is 11.7. The van der Waals surface area contributed by atoms with E-state index < -0.39 is 0 Å². The molecule has 0 bridgehead atoms. The molecule has 0 aliphatic heterocycles. The fourth-order valence-corrected chi connectivity index (χ4v) is 2.54. The zero-order valence-electron chi connectivity index (χ0n) is 10.8. The van der Waals surface area contributed by atoms with Gasteiger partial charge in [0.05, 0.1) is 18.3 Å². The maximum atomic E-state index is 11.7. The quantitative estimate of drug-likeness (QED) is 0.837. The maximum Gasteiger partial charge on any atom is 0.338 e. The lowest BCUT2D eigenvalue weighted by Crippen LogP contribution is -2.17. The van der Waals surface area contributed by atoms with Crippen molar-refractivity contribution < 1.29 is 14.6 Å². The number of rotatable bonds is 3. The van der Waals surface area contributed by atoms with Crippen LogP contribution < -0.4 is 0 Å². The molecule has 1 fully saturated rings. The Labute approximate surface area is 108 Å². The molecule has 98 valence electrons. The fraction of sp³-hybridized carbons (Fsp3) is 0.533. The van der Waals surface area contributed by atoms with Gasteiger partial charge in [0.25, 0.3) is 0 Å². The van der Waals surface area contributed by atoms with Crippen molar-refractivity contribution in [2.45, 2.75) is 44.6 Å². The van der Waals surface area contributed by atoms with E-state index in [1.807, 2.05) is 19.1 Å². The monoisotopic (exact) mass is 248 g/mol. The van der Waals surface area contributed by atoms with Gasteiger partial charge in [-0.1, -0.05) is 12.1 Å². The minimum Gasteiger partial charge on any atom is -0.462 e. The van der Waals surface area contributed by atoms with Gasteiger partial charge >= 0.3 is 5.97 Å². The zero-order chi connectivity index (χ0) is 13.0. The molecule has 0 radical (unpaired) electrons. The third-order valence-electron chi connectivity index (χ3n) is 3.57. The first-order valence-electron chi connectivity index (χ1n) is 6.66. The van der Waals surface area contributed by atoms with Gasteiger partial charge in [-0.05, 0) is 56.2 Å². The summed E-state index contributed by atoms with van der Waals surface area (Å²) in [5, 5.41) is 9.51. The Kier molecular flexibility index (Phi) is 4.37. The average molecular weight is 248 g/mol. The number of carbonyl (C=O) groups excluding carboxylic acids is 1. The first-order valence-corrected chi connectivity index (χ1v) is 6.66. The van der Waals surface area contributed by atoms with Crippen LogP contribution in [0.1, 0.15) is 54.4 Å². The number of carbonyl (C=O) groups is 1. The third-order valence-corrected chi connectivity index (χ3v) is 3.57. The maximum absolute atomic E-state index is 11.7. The molecule has 0 unspecified atom stereocenters. The van der Waals surface area contributed by atoms with E-state index in [2.05, 4.69) is 6.07 Å². The van der Waals surface area contributed by atoms with Gasteiger partial charge in [0.2, 0.25) is 0 Å². The smallest absolute Gasteiger partial charge is 0.338 e. The van der Waals surface area contributed by atoms with Crippen LogP contribution in [0, 0.1) is 0 Å². The van der Waals surface area contributed by atoms with Crippen molar-refractivity contribution in [1.29, 1.82) is 0 Å². The number of ether oxygens (including phenoxy) is 1. The molecule has 0 heterocycles. The third kappa shape index (κ3) is 3.10. The van der Waals surface area contributed by atoms with E-state index in [0.717, 1.165) is 25.7 Å². The van der Waals surface area contributed by atoms with E-state index in [1.54, 1.807) is 6.07 Å². The molecule has 0 atom stereocenters. The molecule has 1 aliphatic carbocycles. The Hall–Kier alpha value is -1.35. The van der Waals surface area contributed by atoms with Crippen LogP contribution in [0.5, 0.6) is 0 Å². The Morgan fingerprint density at radius 2 is 2.06 bits per heavy atom. The van der Waals surface area contributed by atoms with Crippen molar-refractivity contribution in [2.75, 3.05) is 6.61 Å². The molecule has 1 aromatic rings. The molecule has 2 rings (SSSR count). The second-order valence-corrected chi connectivity index (χ2v) is 4.85. The van der Waals surface area contributed by atoms with Crippen LogP contribution in [0.3, 0.4) is 0 Å². The van der Waals surface area contributed by atoms with Crippen LogP contribution in [0.25, 0.3) is 0 Å². The lowest BCUT2D eigenvalue weighted by molar-refractivity contribution is 0.0526. The lowest BCUT2D eigenvalue weighted by Gasteiger charge is -2.25. The van der Waals surface area contributed by atoms with Gasteiger partial charge in [-0.3, -0.25) is 0 Å². The predicted octanol–water partition coefficient (Wildman–Crippen LogP) is 2.88. The highest BCUT2D eigenvalue weighted by Gasteiger charge is 2.21. The van der Waals surface area contributed by atoms with Crippen molar-refractivity contribution in [3.05, 3.63) is 35.4 Å². The summed E-state index contributed by atoms with van der Waals surface area (Å²) >= 11 is 0. The Bertz CT molecular complexity index is 406. The first kappa shape index (κ1) is 13.1. The number of hydrogen-bond acceptors (Lipinski definition) is 3. The molecule has 0 spiro atoms. The van der Waals surface area contributed by atoms with Crippen LogP contribution in [-0.4, -0.2) is 23.8 Å². The molecule has 1 saturated carbocycles. The second kappa shape index (κ2) is 6.01. The molecule has 3 nitrogen and oxygen atoms in total. The standard InChI is InChI=1S/C15H20O3/c1-2-18-15(17)13-5-3-4-12(10-13)11-6-8-14(16)9-7-11/h3-5,10-11,14,16H,2,6-9H2,1H3/t11-,14-. The topological polar surface area (TPSA) is 46.5 Å². The zero-order valence-corrected chi connectivity index (χ0v) is 10.8. The molecule has 0 amide bonds. The van der Waals surface area contributed by atoms with Gasteiger partial charge in [-0.25, -0.2) is 4.79 Å². The highest BCUT2D eigenvalue weighted by Crippen LogP contribution is 2.33. The van der Waals surface area contributed by atoms with E-state index in [4.69, 9.17) is 4.74 Å². The SMILES string of the molecule is CCOC(=O)c1cccc([C@H]2CC[C@H](O)CC2)c1. The van der Waals surface area contributed by atoms with E-state index in [0.29, 0.717) is 18.1 Å². The van der Waals surface area contributed by atoms with Crippen molar-refractivity contribution >= 4 is 5.97 Å². The van der Waals surface area contributed by atoms with Crippen LogP contribution in [0.15, 0.2) is 24.3 Å². The molecule has 18 heavy (non-hydrogen) atoms. The lowest BCUT2D eigenvalue weighted by atomic mass is 9.82. The molecule has 1 aromatic carbocycles. The first-order chi connectivity index (χ1) is 8.70. The second-order valence-electron chi connectivity index (χ2n) is 4.85. The fourth-order valence-electron chi connectivity index (χ4n) is 2.54. The van der Waals surface area contributed by atoms with Crippen molar-refractivity contribution in [2.24, 2.45) is 0 Å². The number of hydrogen-bond donors (Lipinski definition) is 1. The normalized spacial score (nSPS) is 23.7. The van der Waals surface area contributed by atoms with Gasteiger partial charge in [-0.2, -0.15) is 0 Å². The number of aliphatic hydroxyl groups excluding tert-OH is 1. The minimum absolute atomic E-state index is 0.144. The highest BCUT2D eigenvalue weighted by molar-refractivity contribution is 5.89. The molecule has 1 aliphatic rings. The number of esters is 1. The highest BCUT2D eigenvalue weighted by atomic mass is 16.5. The molecule has 1 N–H and O–H groups in total. The molecule has 0 saturated heterocycles. The van der Waals surface area contributed by atoms with Gasteiger partial charge < -0.3 is 9.84 Å². The van der Waals surface area contributed by atoms with Crippen LogP contribution in [-0.2, 0) is 4.74 Å². The minimum atomic E-state index is -0.254. The van der Waals surface area contributed by atoms with Crippen molar-refractivity contribution in [1.82, 2.24) is 0 Å². The van der Waals surface area contributed by atoms with Crippen LogP contribution >= 0.6 is 0 Å². The Balaban J connectivity index is 2.09. The van der Waals surface area contributed by atoms with Gasteiger partial charge in [0.15, 0.2) is 0 Å². The Morgan fingerprint density at radius 3 is 2.72 bits per heavy atom. The van der Waals surface area contributed by atoms with Gasteiger partial charge in [-0.15, -0.1) is 0 Å². The Morgan fingerprint density at radius 1 is 1.33 bits per heavy atom. The average Bonchev–Trinajstić information content (AvgIpc) is 2.40. The summed E-state index contributed by atoms with van der Waals surface area (Å²) in [6.07, 6.45) is 3.55. The summed E-state index contributed by atoms with van der Waals surface area (Å²) in [6.45, 7) is 2.21. The summed E-state index contributed by atoms with van der Waals surface area (Å²) in [7, 11) is 0. The van der Waals surface area contributed by atoms with Gasteiger partial charge in [0, 0.05) is 0 Å². The molecular weight excluding hydrogens is 228 g/mol. The van der Waals surface area contributed by atoms with E-state index in [1.165, 1.54) is 5.56 Å². The van der Waals surface area contributed by atoms with Crippen LogP contribution in [0.4, 0.5) is 0 Å². The largest absolute Gasteiger partial charge is 0.462 e. The number of aliphatic hydroxyl groups is 1. The molecular formula is C15H20O3. The number of benzene rings is 1. The summed E-state index contributed by atoms with van der Waals surface area (Å²) in [5.74, 6) is 0.206. The summed E-state index contributed by atoms with van der Waals surface area (Å²) < 4.78 is 5.01. The van der Waals surface area contributed by atoms with E-state index in [-0.39, 0.29) is 12.1 Å². The van der Waals surface area contributed by atoms with E-state index >= 15 is 0 Å². The van der Waals surface area contributed by atoms with Crippen LogP contribution in [0.2, 0.25) is 0 Å². The molecule has 3 heteroatoms. The van der Waals surface area contributed by atoms with E-state index in [9.17, 15) is 9.90 Å². The van der Waals surface area contributed by atoms with Gasteiger partial charge in [0.1, 0.15) is 0 Å².